The van der Waals surface area contributed by atoms with Gasteiger partial charge in [-0.25, -0.2) is 0 Å². The Kier molecular flexibility index (Phi) is 3.77. The first kappa shape index (κ1) is 12.5. The number of carboxylic acids is 1. The van der Waals surface area contributed by atoms with Crippen molar-refractivity contribution in [3.63, 3.8) is 0 Å². The topological polar surface area (TPSA) is 40.5 Å². The van der Waals surface area contributed by atoms with Crippen LogP contribution in [0.15, 0.2) is 0 Å². The fraction of sp³-hybridized carbons (Fsp3) is 0.917. The van der Waals surface area contributed by atoms with Gasteiger partial charge >= 0.3 is 5.97 Å². The van der Waals surface area contributed by atoms with E-state index >= 15 is 0 Å². The number of nitrogens with zero attached hydrogens (tertiary/aromatic N) is 1. The second-order valence-electron chi connectivity index (χ2n) is 6.01. The summed E-state index contributed by atoms with van der Waals surface area (Å²) in [5, 5.41) is 8.78. The molecule has 0 heterocycles. The molecule has 0 aromatic rings. The van der Waals surface area contributed by atoms with Crippen molar-refractivity contribution < 1.29 is 9.90 Å². The van der Waals surface area contributed by atoms with Gasteiger partial charge in [0.1, 0.15) is 0 Å². The standard InChI is InChI=1S/C12H23NO2/c1-12(2,3)5-6-13(4)8-9-7-10(9)11(14)15/h9-10H,5-8H2,1-4H3,(H,14,15). The van der Waals surface area contributed by atoms with Gasteiger partial charge in [-0.05, 0) is 37.8 Å². The Morgan fingerprint density at radius 2 is 2.07 bits per heavy atom. The Morgan fingerprint density at radius 3 is 2.47 bits per heavy atom. The van der Waals surface area contributed by atoms with Gasteiger partial charge in [-0.3, -0.25) is 4.79 Å². The van der Waals surface area contributed by atoms with Gasteiger partial charge in [-0.1, -0.05) is 20.8 Å². The van der Waals surface area contributed by atoms with E-state index in [1.165, 1.54) is 0 Å². The van der Waals surface area contributed by atoms with Gasteiger partial charge in [0.15, 0.2) is 0 Å². The minimum Gasteiger partial charge on any atom is -0.481 e. The lowest BCUT2D eigenvalue weighted by Gasteiger charge is -2.23. The Labute approximate surface area is 92.5 Å². The van der Waals surface area contributed by atoms with Crippen LogP contribution in [0.5, 0.6) is 0 Å². The predicted molar refractivity (Wildman–Crippen MR) is 60.8 cm³/mol. The molecule has 1 saturated carbocycles. The maximum absolute atomic E-state index is 10.7. The third kappa shape index (κ3) is 4.65. The molecule has 0 spiro atoms. The molecule has 0 amide bonds. The largest absolute Gasteiger partial charge is 0.481 e. The highest BCUT2D eigenvalue weighted by molar-refractivity contribution is 5.73. The van der Waals surface area contributed by atoms with Crippen LogP contribution >= 0.6 is 0 Å². The Hall–Kier alpha value is -0.570. The molecule has 0 aliphatic heterocycles. The Bertz CT molecular complexity index is 232. The van der Waals surface area contributed by atoms with Gasteiger partial charge in [0.05, 0.1) is 5.92 Å². The third-order valence-electron chi connectivity index (χ3n) is 3.03. The number of rotatable bonds is 5. The average Bonchev–Trinajstić information content (AvgIpc) is 2.79. The highest BCUT2D eigenvalue weighted by atomic mass is 16.4. The van der Waals surface area contributed by atoms with E-state index in [1.54, 1.807) is 0 Å². The third-order valence-corrected chi connectivity index (χ3v) is 3.03. The minimum atomic E-state index is -0.621. The van der Waals surface area contributed by atoms with E-state index in [9.17, 15) is 4.79 Å². The second kappa shape index (κ2) is 4.52. The first-order chi connectivity index (χ1) is 6.79. The van der Waals surface area contributed by atoms with E-state index in [4.69, 9.17) is 5.11 Å². The van der Waals surface area contributed by atoms with Crippen LogP contribution in [0.25, 0.3) is 0 Å². The van der Waals surface area contributed by atoms with Gasteiger partial charge < -0.3 is 10.0 Å². The second-order valence-corrected chi connectivity index (χ2v) is 6.01. The lowest BCUT2D eigenvalue weighted by Crippen LogP contribution is -2.26. The van der Waals surface area contributed by atoms with Gasteiger partial charge in [-0.15, -0.1) is 0 Å². The first-order valence-electron chi connectivity index (χ1n) is 5.71. The van der Waals surface area contributed by atoms with E-state index in [0.29, 0.717) is 11.3 Å². The van der Waals surface area contributed by atoms with Crippen molar-refractivity contribution in [2.45, 2.75) is 33.6 Å². The van der Waals surface area contributed by atoms with Crippen LogP contribution in [0.3, 0.4) is 0 Å². The number of carbonyl (C=O) groups is 1. The maximum atomic E-state index is 10.7. The molecule has 0 radical (unpaired) electrons. The molecule has 1 N–H and O–H groups in total. The monoisotopic (exact) mass is 213 g/mol. The predicted octanol–water partition coefficient (Wildman–Crippen LogP) is 2.08. The minimum absolute atomic E-state index is 0.0675. The van der Waals surface area contributed by atoms with Crippen molar-refractivity contribution >= 4 is 5.97 Å². The van der Waals surface area contributed by atoms with Crippen LogP contribution < -0.4 is 0 Å². The zero-order valence-corrected chi connectivity index (χ0v) is 10.3. The quantitative estimate of drug-likeness (QED) is 0.760. The molecule has 0 aromatic carbocycles. The SMILES string of the molecule is CN(CCC(C)(C)C)CC1CC1C(=O)O. The molecular formula is C12H23NO2. The molecule has 88 valence electrons. The Morgan fingerprint density at radius 1 is 1.47 bits per heavy atom. The molecule has 15 heavy (non-hydrogen) atoms. The summed E-state index contributed by atoms with van der Waals surface area (Å²) in [6.45, 7) is 8.70. The van der Waals surface area contributed by atoms with Gasteiger partial charge in [-0.2, -0.15) is 0 Å². The molecule has 2 unspecified atom stereocenters. The molecular weight excluding hydrogens is 190 g/mol. The summed E-state index contributed by atoms with van der Waals surface area (Å²) in [5.74, 6) is -0.293. The lowest BCUT2D eigenvalue weighted by molar-refractivity contribution is -0.138. The van der Waals surface area contributed by atoms with Crippen LogP contribution in [-0.2, 0) is 4.79 Å². The van der Waals surface area contributed by atoms with Crippen molar-refractivity contribution in [3.05, 3.63) is 0 Å². The van der Waals surface area contributed by atoms with Crippen LogP contribution in [0, 0.1) is 17.3 Å². The number of hydrogen-bond donors (Lipinski definition) is 1. The van der Waals surface area contributed by atoms with Gasteiger partial charge in [0, 0.05) is 6.54 Å². The average molecular weight is 213 g/mol. The summed E-state index contributed by atoms with van der Waals surface area (Å²) in [5.41, 5.74) is 0.365. The van der Waals surface area contributed by atoms with Crippen molar-refractivity contribution in [1.82, 2.24) is 4.90 Å². The van der Waals surface area contributed by atoms with E-state index in [-0.39, 0.29) is 5.92 Å². The molecule has 1 aliphatic rings. The van der Waals surface area contributed by atoms with Crippen molar-refractivity contribution in [2.24, 2.45) is 17.3 Å². The van der Waals surface area contributed by atoms with E-state index in [0.717, 1.165) is 25.9 Å². The van der Waals surface area contributed by atoms with Crippen LogP contribution in [0.2, 0.25) is 0 Å². The fourth-order valence-corrected chi connectivity index (χ4v) is 1.77. The van der Waals surface area contributed by atoms with Crippen LogP contribution in [0.1, 0.15) is 33.6 Å². The number of carboxylic acid groups (broad SMARTS) is 1. The normalized spacial score (nSPS) is 25.7. The number of aliphatic carboxylic acids is 1. The van der Waals surface area contributed by atoms with E-state index in [1.807, 2.05) is 0 Å². The molecule has 1 aliphatic carbocycles. The smallest absolute Gasteiger partial charge is 0.306 e. The summed E-state index contributed by atoms with van der Waals surface area (Å²) < 4.78 is 0. The summed E-state index contributed by atoms with van der Waals surface area (Å²) in [6.07, 6.45) is 2.03. The van der Waals surface area contributed by atoms with E-state index in [2.05, 4.69) is 32.7 Å². The summed E-state index contributed by atoms with van der Waals surface area (Å²) in [4.78, 5) is 12.9. The highest BCUT2D eigenvalue weighted by Gasteiger charge is 2.43. The summed E-state index contributed by atoms with van der Waals surface area (Å²) in [6, 6.07) is 0. The van der Waals surface area contributed by atoms with Crippen LogP contribution in [0.4, 0.5) is 0 Å². The first-order valence-corrected chi connectivity index (χ1v) is 5.71. The van der Waals surface area contributed by atoms with E-state index < -0.39 is 5.97 Å². The fourth-order valence-electron chi connectivity index (χ4n) is 1.77. The molecule has 3 nitrogen and oxygen atoms in total. The molecule has 0 saturated heterocycles. The zero-order valence-electron chi connectivity index (χ0n) is 10.3. The lowest BCUT2D eigenvalue weighted by atomic mass is 9.92. The van der Waals surface area contributed by atoms with Crippen molar-refractivity contribution in [3.8, 4) is 0 Å². The number of hydrogen-bond acceptors (Lipinski definition) is 2. The van der Waals surface area contributed by atoms with Crippen LogP contribution in [-0.4, -0.2) is 36.1 Å². The highest BCUT2D eigenvalue weighted by Crippen LogP contribution is 2.39. The summed E-state index contributed by atoms with van der Waals surface area (Å²) >= 11 is 0. The summed E-state index contributed by atoms with van der Waals surface area (Å²) in [7, 11) is 2.09. The Balaban J connectivity index is 2.15. The molecule has 3 heteroatoms. The zero-order chi connectivity index (χ0) is 11.6. The molecule has 0 aromatic heterocycles. The molecule has 0 bridgehead atoms. The van der Waals surface area contributed by atoms with Crippen molar-refractivity contribution in [2.75, 3.05) is 20.1 Å². The van der Waals surface area contributed by atoms with Gasteiger partial charge in [0.25, 0.3) is 0 Å². The maximum Gasteiger partial charge on any atom is 0.306 e. The molecule has 2 atom stereocenters. The molecule has 1 fully saturated rings. The molecule has 1 rings (SSSR count). The van der Waals surface area contributed by atoms with Crippen molar-refractivity contribution in [1.29, 1.82) is 0 Å². The van der Waals surface area contributed by atoms with Gasteiger partial charge in [0.2, 0.25) is 0 Å².